The van der Waals surface area contributed by atoms with Crippen LogP contribution in [0, 0.1) is 0 Å². The number of rotatable bonds is 11. The van der Waals surface area contributed by atoms with E-state index in [2.05, 4.69) is 96.2 Å². The molecule has 10 heteroatoms. The van der Waals surface area contributed by atoms with E-state index >= 15 is 0 Å². The number of nitrogens with one attached hydrogen (secondary N) is 2. The Bertz CT molecular complexity index is 1540. The number of amides is 1. The van der Waals surface area contributed by atoms with Crippen LogP contribution in [0.1, 0.15) is 24.1 Å². The number of aliphatic imine (C=N–C) groups is 2. The number of fused-ring (bicyclic) bond motifs is 1. The molecule has 1 aliphatic rings. The van der Waals surface area contributed by atoms with E-state index < -0.39 is 5.91 Å². The Kier molecular flexibility index (Phi) is 8.92. The third-order valence-corrected chi connectivity index (χ3v) is 7.24. The smallest absolute Gasteiger partial charge is 0.251 e. The largest absolute Gasteiger partial charge is 0.366 e. The van der Waals surface area contributed by atoms with Gasteiger partial charge in [0.15, 0.2) is 0 Å². The minimum atomic E-state index is -0.564. The fourth-order valence-corrected chi connectivity index (χ4v) is 4.89. The maximum absolute atomic E-state index is 11.4. The van der Waals surface area contributed by atoms with Crippen molar-refractivity contribution >= 4 is 35.7 Å². The fourth-order valence-electron chi connectivity index (χ4n) is 4.89. The van der Waals surface area contributed by atoms with Crippen LogP contribution in [0.15, 0.2) is 88.7 Å². The molecule has 0 radical (unpaired) electrons. The molecule has 2 aromatic heterocycles. The maximum atomic E-state index is 11.4. The van der Waals surface area contributed by atoms with Crippen LogP contribution >= 0.6 is 0 Å². The first-order valence-electron chi connectivity index (χ1n) is 13.6. The normalized spacial score (nSPS) is 15.8. The topological polar surface area (TPSA) is 128 Å². The summed E-state index contributed by atoms with van der Waals surface area (Å²) in [5, 5.41) is 4.50. The van der Waals surface area contributed by atoms with Gasteiger partial charge in [-0.25, -0.2) is 9.97 Å². The number of carbonyl (C=O) groups excluding carboxylic acids is 1. The highest BCUT2D eigenvalue weighted by atomic mass is 16.1. The Morgan fingerprint density at radius 1 is 1.10 bits per heavy atom. The number of primary amides is 1. The van der Waals surface area contributed by atoms with E-state index in [0.717, 1.165) is 60.8 Å². The molecule has 3 heterocycles. The molecule has 4 aromatic rings. The van der Waals surface area contributed by atoms with Crippen molar-refractivity contribution in [3.63, 3.8) is 0 Å². The number of nitrogens with zero attached hydrogens (tertiary/aromatic N) is 6. The van der Waals surface area contributed by atoms with Crippen LogP contribution in [-0.2, 0) is 11.3 Å². The van der Waals surface area contributed by atoms with Gasteiger partial charge in [0.1, 0.15) is 17.8 Å². The van der Waals surface area contributed by atoms with Gasteiger partial charge >= 0.3 is 0 Å². The van der Waals surface area contributed by atoms with Crippen molar-refractivity contribution in [1.29, 1.82) is 0 Å². The number of piperazine rings is 1. The Morgan fingerprint density at radius 2 is 1.83 bits per heavy atom. The molecule has 0 aliphatic carbocycles. The van der Waals surface area contributed by atoms with Gasteiger partial charge in [-0.3, -0.25) is 24.6 Å². The molecule has 41 heavy (non-hydrogen) atoms. The van der Waals surface area contributed by atoms with Crippen molar-refractivity contribution in [2.45, 2.75) is 19.5 Å². The van der Waals surface area contributed by atoms with Crippen molar-refractivity contribution < 1.29 is 4.79 Å². The first-order chi connectivity index (χ1) is 20.0. The quantitative estimate of drug-likeness (QED) is 0.192. The lowest BCUT2D eigenvalue weighted by atomic mass is 10.1. The van der Waals surface area contributed by atoms with Gasteiger partial charge in [0, 0.05) is 56.9 Å². The van der Waals surface area contributed by atoms with Crippen LogP contribution in [0.2, 0.25) is 0 Å². The third-order valence-electron chi connectivity index (χ3n) is 7.24. The second-order valence-corrected chi connectivity index (χ2v) is 10.1. The van der Waals surface area contributed by atoms with Crippen molar-refractivity contribution in [3.05, 3.63) is 89.9 Å². The molecule has 5 rings (SSSR count). The number of aromatic nitrogens is 3. The van der Waals surface area contributed by atoms with E-state index in [0.29, 0.717) is 6.67 Å². The zero-order valence-electron chi connectivity index (χ0n) is 23.2. The number of hydrogen-bond donors (Lipinski definition) is 3. The van der Waals surface area contributed by atoms with Crippen LogP contribution in [0.25, 0.3) is 22.3 Å². The summed E-state index contributed by atoms with van der Waals surface area (Å²) >= 11 is 0. The van der Waals surface area contributed by atoms with E-state index in [4.69, 9.17) is 5.73 Å². The molecule has 2 aromatic carbocycles. The molecular weight excluding hydrogens is 514 g/mol. The molecular formula is C31H35N9O. The summed E-state index contributed by atoms with van der Waals surface area (Å²) in [6.45, 7) is 10.6. The van der Waals surface area contributed by atoms with Crippen LogP contribution in [0.5, 0.6) is 0 Å². The minimum absolute atomic E-state index is 0.119. The van der Waals surface area contributed by atoms with E-state index in [9.17, 15) is 4.79 Å². The van der Waals surface area contributed by atoms with E-state index in [-0.39, 0.29) is 11.6 Å². The summed E-state index contributed by atoms with van der Waals surface area (Å²) in [6.07, 6.45) is 4.38. The lowest BCUT2D eigenvalue weighted by molar-refractivity contribution is -0.114. The summed E-state index contributed by atoms with van der Waals surface area (Å²) in [6, 6.07) is 21.2. The summed E-state index contributed by atoms with van der Waals surface area (Å²) in [4.78, 5) is 36.4. The average molecular weight is 550 g/mol. The molecule has 1 atom stereocenters. The molecule has 1 aliphatic heterocycles. The number of H-pyrrole nitrogens is 1. The standard InChI is InChI=1S/C31H35N9O/c1-22(24-6-4-3-5-7-24)37-30-27-16-28(38-31(27)36-20-35-30)25-10-8-23(9-11-25)19-39-12-14-40(15-13-39)21-34-18-26(17-33-2)29(32)41/h3-11,16-18,20,22H,2,12-15,19,21H2,1H3,(H2,32,41)(H2,35,36,37,38)/b26-17+,34-18-/t22-/m1/s1. The predicted octanol–water partition coefficient (Wildman–Crippen LogP) is 4.01. The molecule has 1 fully saturated rings. The highest BCUT2D eigenvalue weighted by Crippen LogP contribution is 2.29. The second kappa shape index (κ2) is 13.1. The van der Waals surface area contributed by atoms with Gasteiger partial charge in [-0.15, -0.1) is 0 Å². The van der Waals surface area contributed by atoms with Crippen LogP contribution in [-0.4, -0.2) is 76.4 Å². The molecule has 0 unspecified atom stereocenters. The van der Waals surface area contributed by atoms with Gasteiger partial charge in [-0.2, -0.15) is 0 Å². The zero-order valence-corrected chi connectivity index (χ0v) is 23.2. The van der Waals surface area contributed by atoms with Crippen LogP contribution in [0.3, 0.4) is 0 Å². The number of carbonyl (C=O) groups is 1. The monoisotopic (exact) mass is 549 g/mol. The number of benzene rings is 2. The first-order valence-corrected chi connectivity index (χ1v) is 13.6. The Morgan fingerprint density at radius 3 is 2.54 bits per heavy atom. The summed E-state index contributed by atoms with van der Waals surface area (Å²) in [5.74, 6) is 0.249. The number of nitrogens with two attached hydrogens (primary N) is 1. The van der Waals surface area contributed by atoms with Crippen molar-refractivity contribution in [2.75, 3.05) is 38.2 Å². The highest BCUT2D eigenvalue weighted by molar-refractivity contribution is 6.11. The van der Waals surface area contributed by atoms with Crippen LogP contribution < -0.4 is 11.1 Å². The average Bonchev–Trinajstić information content (AvgIpc) is 3.44. The summed E-state index contributed by atoms with van der Waals surface area (Å²) in [5.41, 5.74) is 11.0. The van der Waals surface area contributed by atoms with Crippen LogP contribution in [0.4, 0.5) is 5.82 Å². The SMILES string of the molecule is C=N/C=C(\C=N/CN1CCN(Cc2ccc(-c3cc4c(N[C@H](C)c5ccccc5)ncnc4[nH]3)cc2)CC1)C(N)=O. The predicted molar refractivity (Wildman–Crippen MR) is 165 cm³/mol. The first kappa shape index (κ1) is 27.9. The van der Waals surface area contributed by atoms with Gasteiger partial charge in [0.05, 0.1) is 17.6 Å². The van der Waals surface area contributed by atoms with E-state index in [1.165, 1.54) is 23.5 Å². The number of anilines is 1. The molecule has 1 amide bonds. The fraction of sp³-hybridized carbons (Fsp3) is 0.258. The van der Waals surface area contributed by atoms with E-state index in [1.54, 1.807) is 6.33 Å². The van der Waals surface area contributed by atoms with Gasteiger partial charge in [0.2, 0.25) is 0 Å². The molecule has 0 spiro atoms. The molecule has 210 valence electrons. The number of aromatic amines is 1. The van der Waals surface area contributed by atoms with Gasteiger partial charge in [0.25, 0.3) is 5.91 Å². The summed E-state index contributed by atoms with van der Waals surface area (Å²) in [7, 11) is 0. The lowest BCUT2D eigenvalue weighted by Crippen LogP contribution is -2.45. The Balaban J connectivity index is 1.17. The zero-order chi connectivity index (χ0) is 28.6. The van der Waals surface area contributed by atoms with Gasteiger partial charge in [-0.05, 0) is 36.4 Å². The van der Waals surface area contributed by atoms with Crippen molar-refractivity contribution in [1.82, 2.24) is 24.8 Å². The molecule has 4 N–H and O–H groups in total. The highest BCUT2D eigenvalue weighted by Gasteiger charge is 2.17. The van der Waals surface area contributed by atoms with E-state index in [1.807, 2.05) is 18.2 Å². The molecule has 1 saturated heterocycles. The Labute approximate surface area is 239 Å². The number of hydrogen-bond acceptors (Lipinski definition) is 8. The van der Waals surface area contributed by atoms with Gasteiger partial charge in [-0.1, -0.05) is 54.6 Å². The molecule has 10 nitrogen and oxygen atoms in total. The minimum Gasteiger partial charge on any atom is -0.366 e. The Hall–Kier alpha value is -4.67. The maximum Gasteiger partial charge on any atom is 0.251 e. The second-order valence-electron chi connectivity index (χ2n) is 10.1. The molecule has 0 saturated carbocycles. The third kappa shape index (κ3) is 7.10. The van der Waals surface area contributed by atoms with Gasteiger partial charge < -0.3 is 16.0 Å². The summed E-state index contributed by atoms with van der Waals surface area (Å²) < 4.78 is 0. The van der Waals surface area contributed by atoms with Crippen molar-refractivity contribution in [2.24, 2.45) is 15.7 Å². The van der Waals surface area contributed by atoms with Crippen molar-refractivity contribution in [3.8, 4) is 11.3 Å². The molecule has 0 bridgehead atoms. The lowest BCUT2D eigenvalue weighted by Gasteiger charge is -2.33.